The number of halogens is 1. The molecule has 0 atom stereocenters. The van der Waals surface area contributed by atoms with Gasteiger partial charge in [0.25, 0.3) is 0 Å². The average molecular weight is 161 g/mol. The van der Waals surface area contributed by atoms with Crippen molar-refractivity contribution in [3.63, 3.8) is 0 Å². The number of thiazole rings is 1. The Morgan fingerprint density at radius 1 is 1.90 bits per heavy atom. The van der Waals surface area contributed by atoms with E-state index in [0.29, 0.717) is 11.3 Å². The number of methoxy groups -OCH3 is 1. The molecule has 1 rings (SSSR count). The minimum absolute atomic E-state index is 0.0417. The highest BCUT2D eigenvalue weighted by Crippen LogP contribution is 2.10. The summed E-state index contributed by atoms with van der Waals surface area (Å²) >= 11 is 0.668. The van der Waals surface area contributed by atoms with Crippen LogP contribution in [0.2, 0.25) is 0 Å². The summed E-state index contributed by atoms with van der Waals surface area (Å²) in [5.41, 5.74) is 0. The molecule has 1 aromatic heterocycles. The fourth-order valence-corrected chi connectivity index (χ4v) is 0.998. The van der Waals surface area contributed by atoms with Crippen LogP contribution in [0.5, 0.6) is 0 Å². The van der Waals surface area contributed by atoms with Crippen LogP contribution in [0, 0.1) is 5.13 Å². The van der Waals surface area contributed by atoms with Gasteiger partial charge in [-0.05, 0) is 0 Å². The van der Waals surface area contributed by atoms with Crippen LogP contribution in [0.4, 0.5) is 4.39 Å². The summed E-state index contributed by atoms with van der Waals surface area (Å²) < 4.78 is 16.5. The lowest BCUT2D eigenvalue weighted by Gasteiger charge is -1.88. The summed E-state index contributed by atoms with van der Waals surface area (Å²) in [6, 6.07) is 0. The molecular formula is C5H4FNO2S. The lowest BCUT2D eigenvalue weighted by atomic mass is 10.7. The first-order chi connectivity index (χ1) is 4.74. The topological polar surface area (TPSA) is 39.2 Å². The maximum atomic E-state index is 12.2. The Kier molecular flexibility index (Phi) is 1.96. The van der Waals surface area contributed by atoms with Crippen molar-refractivity contribution in [3.8, 4) is 0 Å². The molecule has 0 aliphatic rings. The summed E-state index contributed by atoms with van der Waals surface area (Å²) in [5.74, 6) is -0.603. The summed E-state index contributed by atoms with van der Waals surface area (Å²) in [5, 5.41) is -0.444. The van der Waals surface area contributed by atoms with Crippen molar-refractivity contribution < 1.29 is 13.9 Å². The Bertz CT molecular complexity index is 248. The Labute approximate surface area is 60.5 Å². The molecule has 3 nitrogen and oxygen atoms in total. The van der Waals surface area contributed by atoms with E-state index in [2.05, 4.69) is 9.72 Å². The van der Waals surface area contributed by atoms with E-state index < -0.39 is 11.1 Å². The first kappa shape index (κ1) is 7.14. The SMILES string of the molecule is COC(=O)c1ncc(F)s1. The van der Waals surface area contributed by atoms with Gasteiger partial charge in [-0.2, -0.15) is 4.39 Å². The molecule has 0 N–H and O–H groups in total. The Hall–Kier alpha value is -0.970. The van der Waals surface area contributed by atoms with Crippen LogP contribution in [0.25, 0.3) is 0 Å². The number of esters is 1. The molecule has 1 heterocycles. The van der Waals surface area contributed by atoms with Gasteiger partial charge in [0.15, 0.2) is 5.13 Å². The van der Waals surface area contributed by atoms with E-state index in [9.17, 15) is 9.18 Å². The van der Waals surface area contributed by atoms with E-state index in [0.717, 1.165) is 6.20 Å². The molecule has 0 saturated heterocycles. The normalized spacial score (nSPS) is 9.40. The van der Waals surface area contributed by atoms with Crippen molar-refractivity contribution in [1.82, 2.24) is 4.98 Å². The van der Waals surface area contributed by atoms with Gasteiger partial charge in [0.05, 0.1) is 13.3 Å². The summed E-state index contributed by atoms with van der Waals surface area (Å²) in [7, 11) is 1.22. The van der Waals surface area contributed by atoms with Gasteiger partial charge >= 0.3 is 5.97 Å². The number of nitrogens with zero attached hydrogens (tertiary/aromatic N) is 1. The number of hydrogen-bond donors (Lipinski definition) is 0. The minimum Gasteiger partial charge on any atom is -0.464 e. The number of ether oxygens (including phenoxy) is 1. The van der Waals surface area contributed by atoms with Gasteiger partial charge in [-0.1, -0.05) is 11.3 Å². The molecule has 1 aromatic rings. The van der Waals surface area contributed by atoms with Crippen molar-refractivity contribution >= 4 is 17.3 Å². The van der Waals surface area contributed by atoms with Gasteiger partial charge in [0.1, 0.15) is 0 Å². The molecule has 0 aliphatic heterocycles. The molecule has 10 heavy (non-hydrogen) atoms. The van der Waals surface area contributed by atoms with Crippen LogP contribution in [0.3, 0.4) is 0 Å². The largest absolute Gasteiger partial charge is 0.464 e. The molecule has 5 heteroatoms. The lowest BCUT2D eigenvalue weighted by Crippen LogP contribution is -1.98. The molecule has 0 aromatic carbocycles. The smallest absolute Gasteiger partial charge is 0.367 e. The molecule has 0 radical (unpaired) electrons. The van der Waals surface area contributed by atoms with E-state index in [1.165, 1.54) is 7.11 Å². The molecule has 0 bridgehead atoms. The van der Waals surface area contributed by atoms with Crippen molar-refractivity contribution in [1.29, 1.82) is 0 Å². The molecule has 0 saturated carbocycles. The number of hydrogen-bond acceptors (Lipinski definition) is 4. The third-order valence-electron chi connectivity index (χ3n) is 0.837. The van der Waals surface area contributed by atoms with Crippen molar-refractivity contribution in [2.75, 3.05) is 7.11 Å². The zero-order chi connectivity index (χ0) is 7.56. The maximum absolute atomic E-state index is 12.2. The molecule has 0 amide bonds. The molecule has 0 aliphatic carbocycles. The predicted octanol–water partition coefficient (Wildman–Crippen LogP) is 1.07. The molecular weight excluding hydrogens is 157 g/mol. The second-order valence-corrected chi connectivity index (χ2v) is 2.44. The van der Waals surface area contributed by atoms with E-state index in [1.807, 2.05) is 0 Å². The maximum Gasteiger partial charge on any atom is 0.367 e. The van der Waals surface area contributed by atoms with Crippen LogP contribution in [0.15, 0.2) is 6.20 Å². The highest BCUT2D eigenvalue weighted by atomic mass is 32.1. The molecule has 0 fully saturated rings. The zero-order valence-corrected chi connectivity index (χ0v) is 5.94. The van der Waals surface area contributed by atoms with Crippen LogP contribution in [0.1, 0.15) is 9.80 Å². The first-order valence-corrected chi connectivity index (χ1v) is 3.25. The highest BCUT2D eigenvalue weighted by molar-refractivity contribution is 7.11. The summed E-state index contributed by atoms with van der Waals surface area (Å²) in [6.45, 7) is 0. The van der Waals surface area contributed by atoms with Gasteiger partial charge < -0.3 is 4.74 Å². The van der Waals surface area contributed by atoms with Crippen molar-refractivity contribution in [2.24, 2.45) is 0 Å². The van der Waals surface area contributed by atoms with Gasteiger partial charge in [-0.3, -0.25) is 0 Å². The first-order valence-electron chi connectivity index (χ1n) is 2.43. The Morgan fingerprint density at radius 3 is 3.00 bits per heavy atom. The van der Waals surface area contributed by atoms with Gasteiger partial charge in [-0.25, -0.2) is 9.78 Å². The van der Waals surface area contributed by atoms with Crippen LogP contribution >= 0.6 is 11.3 Å². The number of carbonyl (C=O) groups is 1. The van der Waals surface area contributed by atoms with E-state index in [1.54, 1.807) is 0 Å². The zero-order valence-electron chi connectivity index (χ0n) is 5.13. The van der Waals surface area contributed by atoms with Crippen LogP contribution in [-0.4, -0.2) is 18.1 Å². The number of rotatable bonds is 1. The van der Waals surface area contributed by atoms with E-state index in [-0.39, 0.29) is 5.01 Å². The van der Waals surface area contributed by atoms with E-state index >= 15 is 0 Å². The molecule has 54 valence electrons. The quantitative estimate of drug-likeness (QED) is 0.578. The van der Waals surface area contributed by atoms with Gasteiger partial charge in [0.2, 0.25) is 5.01 Å². The summed E-state index contributed by atoms with van der Waals surface area (Å²) in [6.07, 6.45) is 0.983. The standard InChI is InChI=1S/C5H4FNO2S/c1-9-5(8)4-7-2-3(6)10-4/h2H,1H3. The Morgan fingerprint density at radius 2 is 2.60 bits per heavy atom. The van der Waals surface area contributed by atoms with Crippen molar-refractivity contribution in [2.45, 2.75) is 0 Å². The monoisotopic (exact) mass is 161 g/mol. The third-order valence-corrected chi connectivity index (χ3v) is 1.60. The second-order valence-electron chi connectivity index (χ2n) is 1.46. The van der Waals surface area contributed by atoms with Gasteiger partial charge in [-0.15, -0.1) is 0 Å². The fraction of sp³-hybridized carbons (Fsp3) is 0.200. The Balaban J connectivity index is 2.85. The minimum atomic E-state index is -0.603. The second kappa shape index (κ2) is 2.74. The number of carbonyl (C=O) groups excluding carboxylic acids is 1. The third kappa shape index (κ3) is 1.30. The van der Waals surface area contributed by atoms with Crippen LogP contribution < -0.4 is 0 Å². The average Bonchev–Trinajstić information content (AvgIpc) is 2.34. The van der Waals surface area contributed by atoms with E-state index in [4.69, 9.17) is 0 Å². The predicted molar refractivity (Wildman–Crippen MR) is 33.4 cm³/mol. The van der Waals surface area contributed by atoms with Crippen LogP contribution in [-0.2, 0) is 4.74 Å². The van der Waals surface area contributed by atoms with Crippen molar-refractivity contribution in [3.05, 3.63) is 16.3 Å². The highest BCUT2D eigenvalue weighted by Gasteiger charge is 2.09. The number of aromatic nitrogens is 1. The molecule has 0 unspecified atom stereocenters. The molecule has 0 spiro atoms. The lowest BCUT2D eigenvalue weighted by molar-refractivity contribution is 0.0600. The fourth-order valence-electron chi connectivity index (χ4n) is 0.436. The van der Waals surface area contributed by atoms with Gasteiger partial charge in [0, 0.05) is 0 Å². The summed E-state index contributed by atoms with van der Waals surface area (Å²) in [4.78, 5) is 14.0.